The van der Waals surface area contributed by atoms with Gasteiger partial charge in [-0.1, -0.05) is 46.6 Å². The van der Waals surface area contributed by atoms with Crippen molar-refractivity contribution in [1.29, 1.82) is 0 Å². The maximum atomic E-state index is 14.0. The van der Waals surface area contributed by atoms with Gasteiger partial charge in [-0.2, -0.15) is 13.2 Å². The molecule has 3 rings (SSSR count). The fourth-order valence-corrected chi connectivity index (χ4v) is 3.48. The van der Waals surface area contributed by atoms with E-state index in [1.54, 1.807) is 31.2 Å². The number of alkyl halides is 3. The molecule has 1 heterocycles. The van der Waals surface area contributed by atoms with E-state index in [-0.39, 0.29) is 27.2 Å². The van der Waals surface area contributed by atoms with Crippen molar-refractivity contribution >= 4 is 40.5 Å². The number of nitrogens with one attached hydrogen (secondary N) is 1. The quantitative estimate of drug-likeness (QED) is 0.582. The van der Waals surface area contributed by atoms with E-state index in [0.29, 0.717) is 11.3 Å². The van der Waals surface area contributed by atoms with Gasteiger partial charge in [0.25, 0.3) is 5.60 Å². The third kappa shape index (κ3) is 4.41. The maximum absolute atomic E-state index is 14.0. The molecule has 29 heavy (non-hydrogen) atoms. The number of amides is 1. The molecular formula is C20H15Cl2F3N2O2. The van der Waals surface area contributed by atoms with Crippen LogP contribution in [0.4, 0.5) is 18.9 Å². The lowest BCUT2D eigenvalue weighted by atomic mass is 9.86. The molecule has 1 N–H and O–H groups in total. The van der Waals surface area contributed by atoms with E-state index in [4.69, 9.17) is 28.0 Å². The average Bonchev–Trinajstić information content (AvgIpc) is 3.08. The van der Waals surface area contributed by atoms with Crippen molar-refractivity contribution in [3.05, 3.63) is 75.8 Å². The summed E-state index contributed by atoms with van der Waals surface area (Å²) < 4.78 is 42.1. The molecule has 9 heteroatoms. The summed E-state index contributed by atoms with van der Waals surface area (Å²) in [6.07, 6.45) is -2.44. The van der Waals surface area contributed by atoms with Crippen LogP contribution < -0.4 is 5.32 Å². The minimum absolute atomic E-state index is 0.0573. The molecule has 0 spiro atoms. The van der Waals surface area contributed by atoms with Gasteiger partial charge in [0.15, 0.2) is 0 Å². The number of carbonyl (C=O) groups is 1. The van der Waals surface area contributed by atoms with Gasteiger partial charge in [-0.05, 0) is 43.3 Å². The van der Waals surface area contributed by atoms with E-state index in [0.717, 1.165) is 12.1 Å². The molecule has 0 aromatic heterocycles. The van der Waals surface area contributed by atoms with Crippen LogP contribution in [-0.4, -0.2) is 17.8 Å². The normalized spacial score (nSPS) is 19.2. The number of anilines is 1. The van der Waals surface area contributed by atoms with Crippen LogP contribution in [0, 0.1) is 0 Å². The molecule has 0 radical (unpaired) electrons. The van der Waals surface area contributed by atoms with Crippen molar-refractivity contribution in [2.45, 2.75) is 25.1 Å². The lowest BCUT2D eigenvalue weighted by Gasteiger charge is -2.29. The smallest absolute Gasteiger partial charge is 0.374 e. The fourth-order valence-electron chi connectivity index (χ4n) is 2.96. The van der Waals surface area contributed by atoms with Crippen LogP contribution in [0.2, 0.25) is 10.0 Å². The Morgan fingerprint density at radius 1 is 1.21 bits per heavy atom. The molecule has 152 valence electrons. The maximum Gasteiger partial charge on any atom is 0.435 e. The first-order valence-electron chi connectivity index (χ1n) is 8.47. The van der Waals surface area contributed by atoms with Crippen LogP contribution in [0.3, 0.4) is 0 Å². The van der Waals surface area contributed by atoms with E-state index in [2.05, 4.69) is 10.5 Å². The van der Waals surface area contributed by atoms with Gasteiger partial charge in [-0.15, -0.1) is 0 Å². The largest absolute Gasteiger partial charge is 0.435 e. The summed E-state index contributed by atoms with van der Waals surface area (Å²) in [7, 11) is 0. The van der Waals surface area contributed by atoms with Crippen LogP contribution in [-0.2, 0) is 15.2 Å². The van der Waals surface area contributed by atoms with Crippen LogP contribution >= 0.6 is 23.2 Å². The predicted octanol–water partition coefficient (Wildman–Crippen LogP) is 6.09. The molecule has 0 saturated carbocycles. The first-order valence-corrected chi connectivity index (χ1v) is 9.23. The van der Waals surface area contributed by atoms with Crippen molar-refractivity contribution in [1.82, 2.24) is 0 Å². The van der Waals surface area contributed by atoms with Gasteiger partial charge in [-0.3, -0.25) is 4.79 Å². The second kappa shape index (κ2) is 8.08. The Kier molecular flexibility index (Phi) is 5.91. The van der Waals surface area contributed by atoms with E-state index in [1.807, 2.05) is 0 Å². The standard InChI is InChI=1S/C20H15Cl2F3N2O2/c1-2-4-18(28)26-16-6-3-5-12(7-16)17-11-19(29-27-17,20(23,24)25)13-8-14(21)10-15(22)9-13/h2-10H,11H2,1H3,(H,26,28)/b4-2+. The lowest BCUT2D eigenvalue weighted by molar-refractivity contribution is -0.275. The van der Waals surface area contributed by atoms with Gasteiger partial charge in [0.05, 0.1) is 5.71 Å². The van der Waals surface area contributed by atoms with Gasteiger partial charge in [0, 0.05) is 33.3 Å². The lowest BCUT2D eigenvalue weighted by Crippen LogP contribution is -2.42. The highest BCUT2D eigenvalue weighted by Crippen LogP contribution is 2.49. The van der Waals surface area contributed by atoms with E-state index in [1.165, 1.54) is 18.2 Å². The van der Waals surface area contributed by atoms with E-state index < -0.39 is 18.2 Å². The number of benzene rings is 2. The Morgan fingerprint density at radius 2 is 1.90 bits per heavy atom. The molecular weight excluding hydrogens is 428 g/mol. The first-order chi connectivity index (χ1) is 13.6. The van der Waals surface area contributed by atoms with Gasteiger partial charge in [-0.25, -0.2) is 0 Å². The van der Waals surface area contributed by atoms with E-state index >= 15 is 0 Å². The van der Waals surface area contributed by atoms with Crippen LogP contribution in [0.5, 0.6) is 0 Å². The highest BCUT2D eigenvalue weighted by Gasteiger charge is 2.62. The van der Waals surface area contributed by atoms with Gasteiger partial charge in [0.1, 0.15) is 0 Å². The zero-order chi connectivity index (χ0) is 21.2. The molecule has 2 aromatic rings. The second-order valence-corrected chi connectivity index (χ2v) is 7.23. The number of hydrogen-bond donors (Lipinski definition) is 1. The summed E-state index contributed by atoms with van der Waals surface area (Å²) in [5.74, 6) is -0.354. The molecule has 1 atom stereocenters. The average molecular weight is 443 g/mol. The second-order valence-electron chi connectivity index (χ2n) is 6.36. The Morgan fingerprint density at radius 3 is 2.52 bits per heavy atom. The molecule has 1 amide bonds. The van der Waals surface area contributed by atoms with E-state index in [9.17, 15) is 18.0 Å². The zero-order valence-corrected chi connectivity index (χ0v) is 16.6. The summed E-state index contributed by atoms with van der Waals surface area (Å²) in [6.45, 7) is 1.69. The minimum Gasteiger partial charge on any atom is -0.374 e. The van der Waals surface area contributed by atoms with Gasteiger partial charge in [0.2, 0.25) is 5.91 Å². The van der Waals surface area contributed by atoms with Crippen molar-refractivity contribution < 1.29 is 22.8 Å². The SMILES string of the molecule is C/C=C/C(=O)Nc1cccc(C2=NOC(c3cc(Cl)cc(Cl)c3)(C(F)(F)F)C2)c1. The Bertz CT molecular complexity index is 985. The molecule has 1 aliphatic heterocycles. The summed E-state index contributed by atoms with van der Waals surface area (Å²) in [5.41, 5.74) is -2.05. The van der Waals surface area contributed by atoms with Crippen molar-refractivity contribution in [2.75, 3.05) is 5.32 Å². The van der Waals surface area contributed by atoms with Crippen molar-refractivity contribution in [3.8, 4) is 0 Å². The minimum atomic E-state index is -4.77. The Hall–Kier alpha value is -2.51. The van der Waals surface area contributed by atoms with Crippen LogP contribution in [0.15, 0.2) is 59.8 Å². The topological polar surface area (TPSA) is 50.7 Å². The molecule has 1 aliphatic rings. The summed E-state index contributed by atoms with van der Waals surface area (Å²) in [6, 6.07) is 10.00. The number of carbonyl (C=O) groups excluding carboxylic acids is 1. The Balaban J connectivity index is 1.94. The highest BCUT2D eigenvalue weighted by atomic mass is 35.5. The highest BCUT2D eigenvalue weighted by molar-refractivity contribution is 6.34. The number of allylic oxidation sites excluding steroid dienone is 1. The number of nitrogens with zero attached hydrogens (tertiary/aromatic N) is 1. The van der Waals surface area contributed by atoms with Gasteiger partial charge < -0.3 is 10.2 Å². The third-order valence-corrected chi connectivity index (χ3v) is 4.73. The zero-order valence-electron chi connectivity index (χ0n) is 15.1. The molecule has 0 bridgehead atoms. The number of halogens is 5. The predicted molar refractivity (Wildman–Crippen MR) is 106 cm³/mol. The van der Waals surface area contributed by atoms with Crippen LogP contribution in [0.25, 0.3) is 0 Å². The van der Waals surface area contributed by atoms with Crippen LogP contribution in [0.1, 0.15) is 24.5 Å². The first kappa shape index (κ1) is 21.2. The summed E-state index contributed by atoms with van der Waals surface area (Å²) in [5, 5.41) is 6.44. The Labute approximate surface area is 174 Å². The van der Waals surface area contributed by atoms with Crippen molar-refractivity contribution in [3.63, 3.8) is 0 Å². The number of oxime groups is 1. The molecule has 4 nitrogen and oxygen atoms in total. The fraction of sp³-hybridized carbons (Fsp3) is 0.200. The van der Waals surface area contributed by atoms with Crippen molar-refractivity contribution in [2.24, 2.45) is 5.16 Å². The molecule has 0 saturated heterocycles. The number of hydrogen-bond acceptors (Lipinski definition) is 3. The molecule has 2 aromatic carbocycles. The molecule has 0 aliphatic carbocycles. The molecule has 1 unspecified atom stereocenters. The third-order valence-electron chi connectivity index (χ3n) is 4.30. The summed E-state index contributed by atoms with van der Waals surface area (Å²) >= 11 is 11.8. The molecule has 0 fully saturated rings. The monoisotopic (exact) mass is 442 g/mol. The summed E-state index contributed by atoms with van der Waals surface area (Å²) in [4.78, 5) is 16.7. The van der Waals surface area contributed by atoms with Gasteiger partial charge >= 0.3 is 6.18 Å². The number of rotatable bonds is 4.